The van der Waals surface area contributed by atoms with Gasteiger partial charge in [0, 0.05) is 18.3 Å². The maximum absolute atomic E-state index is 12.0. The third-order valence-corrected chi connectivity index (χ3v) is 3.98. The molecule has 0 radical (unpaired) electrons. The van der Waals surface area contributed by atoms with Crippen molar-refractivity contribution in [2.75, 3.05) is 12.4 Å². The standard InChI is InChI=1S/C14H17N3O3S/c1-9-12(13(14(19)20-3)17(2)16-9)15-11(18)7-6-10-5-4-8-21-10/h4-5,8H,6-7H2,1-3H3,(H,15,18). The van der Waals surface area contributed by atoms with Gasteiger partial charge in [-0.25, -0.2) is 4.79 Å². The molecule has 7 heteroatoms. The average Bonchev–Trinajstić information content (AvgIpc) is 3.05. The van der Waals surface area contributed by atoms with Gasteiger partial charge in [-0.3, -0.25) is 9.48 Å². The second kappa shape index (κ2) is 6.53. The van der Waals surface area contributed by atoms with E-state index in [-0.39, 0.29) is 11.6 Å². The number of amides is 1. The van der Waals surface area contributed by atoms with Crippen LogP contribution in [0.15, 0.2) is 17.5 Å². The van der Waals surface area contributed by atoms with E-state index < -0.39 is 5.97 Å². The summed E-state index contributed by atoms with van der Waals surface area (Å²) in [6, 6.07) is 3.95. The average molecular weight is 307 g/mol. The fraction of sp³-hybridized carbons (Fsp3) is 0.357. The third-order valence-electron chi connectivity index (χ3n) is 3.04. The summed E-state index contributed by atoms with van der Waals surface area (Å²) in [6.07, 6.45) is 1.03. The Morgan fingerprint density at radius 1 is 1.48 bits per heavy atom. The smallest absolute Gasteiger partial charge is 0.358 e. The Balaban J connectivity index is 2.08. The first-order valence-corrected chi connectivity index (χ1v) is 7.35. The van der Waals surface area contributed by atoms with Gasteiger partial charge >= 0.3 is 5.97 Å². The minimum absolute atomic E-state index is 0.148. The maximum atomic E-state index is 12.0. The normalized spacial score (nSPS) is 10.4. The SMILES string of the molecule is COC(=O)c1c(NC(=O)CCc2cccs2)c(C)nn1C. The highest BCUT2D eigenvalue weighted by Crippen LogP contribution is 2.21. The molecule has 0 spiro atoms. The van der Waals surface area contributed by atoms with E-state index in [0.29, 0.717) is 24.2 Å². The van der Waals surface area contributed by atoms with Crippen molar-refractivity contribution >= 4 is 28.9 Å². The highest BCUT2D eigenvalue weighted by atomic mass is 32.1. The summed E-state index contributed by atoms with van der Waals surface area (Å²) in [4.78, 5) is 25.0. The number of carbonyl (C=O) groups excluding carboxylic acids is 2. The van der Waals surface area contributed by atoms with Crippen molar-refractivity contribution in [2.45, 2.75) is 19.8 Å². The number of anilines is 1. The zero-order valence-electron chi connectivity index (χ0n) is 12.2. The number of ether oxygens (including phenoxy) is 1. The number of hydrogen-bond donors (Lipinski definition) is 1. The Kier molecular flexibility index (Phi) is 4.74. The topological polar surface area (TPSA) is 73.2 Å². The lowest BCUT2D eigenvalue weighted by Crippen LogP contribution is -2.17. The molecule has 2 aromatic rings. The van der Waals surface area contributed by atoms with Gasteiger partial charge in [0.15, 0.2) is 5.69 Å². The molecule has 0 saturated carbocycles. The quantitative estimate of drug-likeness (QED) is 0.859. The van der Waals surface area contributed by atoms with Gasteiger partial charge in [-0.15, -0.1) is 11.3 Å². The molecular weight excluding hydrogens is 290 g/mol. The molecule has 2 aromatic heterocycles. The first-order chi connectivity index (χ1) is 10.0. The molecule has 0 aliphatic rings. The second-order valence-corrected chi connectivity index (χ2v) is 5.58. The van der Waals surface area contributed by atoms with Crippen LogP contribution in [0.2, 0.25) is 0 Å². The van der Waals surface area contributed by atoms with Crippen LogP contribution < -0.4 is 5.32 Å². The molecule has 2 rings (SSSR count). The molecule has 0 unspecified atom stereocenters. The first kappa shape index (κ1) is 15.2. The number of thiophene rings is 1. The van der Waals surface area contributed by atoms with Crippen molar-refractivity contribution in [1.82, 2.24) is 9.78 Å². The number of carbonyl (C=O) groups is 2. The first-order valence-electron chi connectivity index (χ1n) is 6.47. The molecule has 0 bridgehead atoms. The van der Waals surface area contributed by atoms with E-state index >= 15 is 0 Å². The molecule has 21 heavy (non-hydrogen) atoms. The van der Waals surface area contributed by atoms with Crippen LogP contribution in [-0.4, -0.2) is 28.8 Å². The van der Waals surface area contributed by atoms with E-state index in [4.69, 9.17) is 4.74 Å². The Hall–Kier alpha value is -2.15. The lowest BCUT2D eigenvalue weighted by molar-refractivity contribution is -0.116. The Morgan fingerprint density at radius 3 is 2.86 bits per heavy atom. The second-order valence-electron chi connectivity index (χ2n) is 4.55. The monoisotopic (exact) mass is 307 g/mol. The number of rotatable bonds is 5. The van der Waals surface area contributed by atoms with Crippen molar-refractivity contribution in [2.24, 2.45) is 7.05 Å². The molecule has 0 aliphatic carbocycles. The molecule has 0 aliphatic heterocycles. The number of aromatic nitrogens is 2. The van der Waals surface area contributed by atoms with Crippen molar-refractivity contribution in [3.05, 3.63) is 33.8 Å². The number of methoxy groups -OCH3 is 1. The van der Waals surface area contributed by atoms with Crippen molar-refractivity contribution in [3.8, 4) is 0 Å². The molecule has 1 N–H and O–H groups in total. The van der Waals surface area contributed by atoms with E-state index in [1.165, 1.54) is 11.8 Å². The van der Waals surface area contributed by atoms with Gasteiger partial charge in [0.1, 0.15) is 0 Å². The predicted octanol–water partition coefficient (Wildman–Crippen LogP) is 2.15. The largest absolute Gasteiger partial charge is 0.464 e. The van der Waals surface area contributed by atoms with Crippen LogP contribution in [0.4, 0.5) is 5.69 Å². The fourth-order valence-corrected chi connectivity index (χ4v) is 2.74. The minimum Gasteiger partial charge on any atom is -0.464 e. The van der Waals surface area contributed by atoms with Gasteiger partial charge in [0.2, 0.25) is 5.91 Å². The minimum atomic E-state index is -0.522. The predicted molar refractivity (Wildman–Crippen MR) is 80.6 cm³/mol. The van der Waals surface area contributed by atoms with Gasteiger partial charge in [-0.1, -0.05) is 6.07 Å². The number of nitrogens with one attached hydrogen (secondary N) is 1. The summed E-state index contributed by atoms with van der Waals surface area (Å²) in [5, 5.41) is 8.89. The molecule has 0 aromatic carbocycles. The van der Waals surface area contributed by atoms with Crippen LogP contribution in [0.3, 0.4) is 0 Å². The lowest BCUT2D eigenvalue weighted by Gasteiger charge is -2.06. The molecule has 1 amide bonds. The van der Waals surface area contributed by atoms with Gasteiger partial charge in [0.05, 0.1) is 18.5 Å². The van der Waals surface area contributed by atoms with Gasteiger partial charge in [-0.2, -0.15) is 5.10 Å². The zero-order chi connectivity index (χ0) is 15.4. The van der Waals surface area contributed by atoms with Crippen LogP contribution in [0.5, 0.6) is 0 Å². The Labute approximate surface area is 126 Å². The highest BCUT2D eigenvalue weighted by molar-refractivity contribution is 7.09. The molecule has 6 nitrogen and oxygen atoms in total. The van der Waals surface area contributed by atoms with Crippen molar-refractivity contribution < 1.29 is 14.3 Å². The van der Waals surface area contributed by atoms with E-state index in [2.05, 4.69) is 10.4 Å². The van der Waals surface area contributed by atoms with Crippen LogP contribution in [-0.2, 0) is 23.0 Å². The summed E-state index contributed by atoms with van der Waals surface area (Å²) in [5.41, 5.74) is 1.25. The maximum Gasteiger partial charge on any atom is 0.358 e. The van der Waals surface area contributed by atoms with Crippen LogP contribution in [0, 0.1) is 6.92 Å². The molecule has 2 heterocycles. The lowest BCUT2D eigenvalue weighted by atomic mass is 10.2. The van der Waals surface area contributed by atoms with Crippen LogP contribution in [0.1, 0.15) is 27.5 Å². The molecule has 0 saturated heterocycles. The van der Waals surface area contributed by atoms with Gasteiger partial charge in [0.25, 0.3) is 0 Å². The summed E-state index contributed by atoms with van der Waals surface area (Å²) >= 11 is 1.62. The number of esters is 1. The third kappa shape index (κ3) is 3.49. The highest BCUT2D eigenvalue weighted by Gasteiger charge is 2.22. The summed E-state index contributed by atoms with van der Waals surface area (Å²) in [5.74, 6) is -0.670. The van der Waals surface area contributed by atoms with Crippen LogP contribution >= 0.6 is 11.3 Å². The van der Waals surface area contributed by atoms with Gasteiger partial charge < -0.3 is 10.1 Å². The summed E-state index contributed by atoms with van der Waals surface area (Å²) < 4.78 is 6.13. The van der Waals surface area contributed by atoms with Crippen molar-refractivity contribution in [1.29, 1.82) is 0 Å². The summed E-state index contributed by atoms with van der Waals surface area (Å²) in [6.45, 7) is 1.74. The van der Waals surface area contributed by atoms with E-state index in [1.54, 1.807) is 25.3 Å². The Morgan fingerprint density at radius 2 is 2.24 bits per heavy atom. The number of hydrogen-bond acceptors (Lipinski definition) is 5. The van der Waals surface area contributed by atoms with E-state index in [9.17, 15) is 9.59 Å². The van der Waals surface area contributed by atoms with E-state index in [0.717, 1.165) is 4.88 Å². The molecule has 0 atom stereocenters. The fourth-order valence-electron chi connectivity index (χ4n) is 2.03. The van der Waals surface area contributed by atoms with Crippen molar-refractivity contribution in [3.63, 3.8) is 0 Å². The molecular formula is C14H17N3O3S. The number of nitrogens with zero attached hydrogens (tertiary/aromatic N) is 2. The Bertz CT molecular complexity index is 647. The molecule has 112 valence electrons. The number of aryl methyl sites for hydroxylation is 3. The molecule has 0 fully saturated rings. The summed E-state index contributed by atoms with van der Waals surface area (Å²) in [7, 11) is 2.94. The zero-order valence-corrected chi connectivity index (χ0v) is 13.0. The van der Waals surface area contributed by atoms with E-state index in [1.807, 2.05) is 17.5 Å². The van der Waals surface area contributed by atoms with Crippen LogP contribution in [0.25, 0.3) is 0 Å². The van der Waals surface area contributed by atoms with Gasteiger partial charge in [-0.05, 0) is 24.8 Å².